The molecule has 1 aromatic rings. The minimum atomic E-state index is -4.38. The molecule has 0 spiro atoms. The molecule has 0 heterocycles. The highest BCUT2D eigenvalue weighted by Gasteiger charge is 2.32. The molecule has 1 nitrogen and oxygen atoms in total. The third kappa shape index (κ3) is 2.61. The summed E-state index contributed by atoms with van der Waals surface area (Å²) < 4.78 is 37.9. The second-order valence-corrected chi connectivity index (χ2v) is 3.88. The molecule has 0 unspecified atom stereocenters. The summed E-state index contributed by atoms with van der Waals surface area (Å²) in [5.41, 5.74) is -0.689. The van der Waals surface area contributed by atoms with Crippen LogP contribution in [-0.4, -0.2) is 0 Å². The lowest BCUT2D eigenvalue weighted by atomic mass is 10.1. The Bertz CT molecular complexity index is 379. The van der Waals surface area contributed by atoms with E-state index in [0.29, 0.717) is 3.57 Å². The van der Waals surface area contributed by atoms with Crippen LogP contribution in [0.1, 0.15) is 11.1 Å². The summed E-state index contributed by atoms with van der Waals surface area (Å²) in [7, 11) is 0. The summed E-state index contributed by atoms with van der Waals surface area (Å²) in [4.78, 5) is 0. The average Bonchev–Trinajstić information content (AvgIpc) is 2.02. The molecule has 0 aliphatic carbocycles. The summed E-state index contributed by atoms with van der Waals surface area (Å²) >= 11 is 1.91. The second kappa shape index (κ2) is 4.17. The highest BCUT2D eigenvalue weighted by atomic mass is 127. The third-order valence-electron chi connectivity index (χ3n) is 1.64. The van der Waals surface area contributed by atoms with Gasteiger partial charge in [0, 0.05) is 3.57 Å². The number of hydrogen-bond acceptors (Lipinski definition) is 1. The normalized spacial score (nSPS) is 11.1. The van der Waals surface area contributed by atoms with E-state index in [1.54, 1.807) is 6.07 Å². The summed E-state index contributed by atoms with van der Waals surface area (Å²) in [5, 5.41) is 8.38. The van der Waals surface area contributed by atoms with Gasteiger partial charge in [0.15, 0.2) is 0 Å². The molecule has 0 aliphatic heterocycles. The van der Waals surface area contributed by atoms with E-state index in [-0.39, 0.29) is 12.0 Å². The summed E-state index contributed by atoms with van der Waals surface area (Å²) in [5.74, 6) is 0. The summed E-state index contributed by atoms with van der Waals surface area (Å²) in [6, 6.07) is 5.49. The molecule has 14 heavy (non-hydrogen) atoms. The molecule has 0 atom stereocenters. The Morgan fingerprint density at radius 2 is 2.00 bits per heavy atom. The molecule has 0 radical (unpaired) electrons. The largest absolute Gasteiger partial charge is 0.416 e. The minimum Gasteiger partial charge on any atom is -0.198 e. The van der Waals surface area contributed by atoms with Gasteiger partial charge in [-0.05, 0) is 46.4 Å². The van der Waals surface area contributed by atoms with E-state index in [1.165, 1.54) is 12.1 Å². The summed E-state index contributed by atoms with van der Waals surface area (Å²) in [6.07, 6.45) is -4.60. The highest BCUT2D eigenvalue weighted by Crippen LogP contribution is 2.32. The number of nitriles is 1. The Balaban J connectivity index is 3.23. The van der Waals surface area contributed by atoms with Crippen molar-refractivity contribution in [3.8, 4) is 6.07 Å². The van der Waals surface area contributed by atoms with Gasteiger partial charge in [0.05, 0.1) is 18.1 Å². The van der Waals surface area contributed by atoms with Crippen molar-refractivity contribution in [2.24, 2.45) is 0 Å². The Labute approximate surface area is 92.7 Å². The smallest absolute Gasteiger partial charge is 0.198 e. The molecule has 0 saturated heterocycles. The SMILES string of the molecule is N#CCc1cc(I)ccc1C(F)(F)F. The zero-order valence-electron chi connectivity index (χ0n) is 6.90. The first-order valence-corrected chi connectivity index (χ1v) is 4.75. The van der Waals surface area contributed by atoms with Crippen LogP contribution in [0.15, 0.2) is 18.2 Å². The molecule has 1 rings (SSSR count). The van der Waals surface area contributed by atoms with Crippen molar-refractivity contribution in [1.82, 2.24) is 0 Å². The van der Waals surface area contributed by atoms with E-state index >= 15 is 0 Å². The Kier molecular flexibility index (Phi) is 3.37. The molecule has 74 valence electrons. The molecule has 0 aliphatic rings. The topological polar surface area (TPSA) is 23.8 Å². The Morgan fingerprint density at radius 3 is 2.50 bits per heavy atom. The van der Waals surface area contributed by atoms with Crippen LogP contribution < -0.4 is 0 Å². The van der Waals surface area contributed by atoms with E-state index < -0.39 is 11.7 Å². The standard InChI is InChI=1S/C9H5F3IN/c10-9(11,12)8-2-1-7(13)5-6(8)3-4-14/h1-2,5H,3H2. The van der Waals surface area contributed by atoms with Crippen molar-refractivity contribution in [1.29, 1.82) is 5.26 Å². The van der Waals surface area contributed by atoms with Gasteiger partial charge in [-0.2, -0.15) is 18.4 Å². The Hall–Kier alpha value is -0.770. The maximum Gasteiger partial charge on any atom is 0.416 e. The van der Waals surface area contributed by atoms with Crippen molar-refractivity contribution in [2.45, 2.75) is 12.6 Å². The molecule has 0 amide bonds. The van der Waals surface area contributed by atoms with Crippen molar-refractivity contribution in [3.63, 3.8) is 0 Å². The monoisotopic (exact) mass is 311 g/mol. The number of benzene rings is 1. The fraction of sp³-hybridized carbons (Fsp3) is 0.222. The first-order valence-electron chi connectivity index (χ1n) is 3.67. The average molecular weight is 311 g/mol. The van der Waals surface area contributed by atoms with Crippen LogP contribution in [0.5, 0.6) is 0 Å². The number of rotatable bonds is 1. The maximum atomic E-state index is 12.4. The lowest BCUT2D eigenvalue weighted by Crippen LogP contribution is -2.09. The van der Waals surface area contributed by atoms with Crippen molar-refractivity contribution >= 4 is 22.6 Å². The predicted molar refractivity (Wildman–Crippen MR) is 53.5 cm³/mol. The lowest BCUT2D eigenvalue weighted by Gasteiger charge is -2.10. The van der Waals surface area contributed by atoms with Gasteiger partial charge in [-0.15, -0.1) is 0 Å². The van der Waals surface area contributed by atoms with Gasteiger partial charge in [-0.3, -0.25) is 0 Å². The fourth-order valence-corrected chi connectivity index (χ4v) is 1.63. The first-order chi connectivity index (χ1) is 6.45. The predicted octanol–water partition coefficient (Wildman–Crippen LogP) is 3.38. The number of halogens is 4. The van der Waals surface area contributed by atoms with Crippen LogP contribution in [0.3, 0.4) is 0 Å². The number of hydrogen-bond donors (Lipinski definition) is 0. The highest BCUT2D eigenvalue weighted by molar-refractivity contribution is 14.1. The molecular weight excluding hydrogens is 306 g/mol. The maximum absolute atomic E-state index is 12.4. The van der Waals surface area contributed by atoms with Crippen LogP contribution in [0, 0.1) is 14.9 Å². The minimum absolute atomic E-state index is 0.0342. The van der Waals surface area contributed by atoms with E-state index in [0.717, 1.165) is 6.07 Å². The van der Waals surface area contributed by atoms with Gasteiger partial charge >= 0.3 is 6.18 Å². The molecule has 0 aromatic heterocycles. The van der Waals surface area contributed by atoms with Gasteiger partial charge in [-0.1, -0.05) is 0 Å². The molecular formula is C9H5F3IN. The van der Waals surface area contributed by atoms with Gasteiger partial charge in [0.25, 0.3) is 0 Å². The molecule has 0 N–H and O–H groups in total. The van der Waals surface area contributed by atoms with Gasteiger partial charge < -0.3 is 0 Å². The molecule has 1 aromatic carbocycles. The van der Waals surface area contributed by atoms with Crippen LogP contribution in [-0.2, 0) is 12.6 Å². The van der Waals surface area contributed by atoms with Crippen LogP contribution in [0.25, 0.3) is 0 Å². The number of nitrogens with zero attached hydrogens (tertiary/aromatic N) is 1. The molecule has 0 fully saturated rings. The van der Waals surface area contributed by atoms with Crippen molar-refractivity contribution in [2.75, 3.05) is 0 Å². The summed E-state index contributed by atoms with van der Waals surface area (Å²) in [6.45, 7) is 0. The molecule has 5 heteroatoms. The van der Waals surface area contributed by atoms with Crippen molar-refractivity contribution < 1.29 is 13.2 Å². The van der Waals surface area contributed by atoms with Crippen LogP contribution >= 0.6 is 22.6 Å². The van der Waals surface area contributed by atoms with Crippen LogP contribution in [0.4, 0.5) is 13.2 Å². The van der Waals surface area contributed by atoms with Crippen molar-refractivity contribution in [3.05, 3.63) is 32.9 Å². The lowest BCUT2D eigenvalue weighted by molar-refractivity contribution is -0.138. The quantitative estimate of drug-likeness (QED) is 0.730. The van der Waals surface area contributed by atoms with Gasteiger partial charge in [-0.25, -0.2) is 0 Å². The van der Waals surface area contributed by atoms with Crippen LogP contribution in [0.2, 0.25) is 0 Å². The molecule has 0 bridgehead atoms. The zero-order chi connectivity index (χ0) is 10.8. The van der Waals surface area contributed by atoms with Gasteiger partial charge in [0.1, 0.15) is 0 Å². The third-order valence-corrected chi connectivity index (χ3v) is 2.31. The van der Waals surface area contributed by atoms with Gasteiger partial charge in [0.2, 0.25) is 0 Å². The fourth-order valence-electron chi connectivity index (χ4n) is 1.07. The first kappa shape index (κ1) is 11.3. The van der Waals surface area contributed by atoms with E-state index in [9.17, 15) is 13.2 Å². The zero-order valence-corrected chi connectivity index (χ0v) is 9.06. The van der Waals surface area contributed by atoms with E-state index in [1.807, 2.05) is 22.6 Å². The second-order valence-electron chi connectivity index (χ2n) is 2.63. The van der Waals surface area contributed by atoms with E-state index in [2.05, 4.69) is 0 Å². The Morgan fingerprint density at radius 1 is 1.36 bits per heavy atom. The molecule has 0 saturated carbocycles. The van der Waals surface area contributed by atoms with E-state index in [4.69, 9.17) is 5.26 Å². The number of alkyl halides is 3.